The second-order valence-electron chi connectivity index (χ2n) is 3.82. The van der Waals surface area contributed by atoms with Gasteiger partial charge in [-0.1, -0.05) is 27.5 Å². The summed E-state index contributed by atoms with van der Waals surface area (Å²) < 4.78 is 6.35. The number of halogens is 2. The number of carboxylic acid groups (broad SMARTS) is 1. The summed E-state index contributed by atoms with van der Waals surface area (Å²) in [6, 6.07) is 6.69. The first-order valence-corrected chi connectivity index (χ1v) is 6.47. The van der Waals surface area contributed by atoms with Gasteiger partial charge in [0.15, 0.2) is 11.4 Å². The normalized spacial score (nSPS) is 10.3. The Morgan fingerprint density at radius 2 is 2.16 bits per heavy atom. The molecule has 0 spiro atoms. The Kier molecular flexibility index (Phi) is 4.07. The molecule has 0 atom stereocenters. The largest absolute Gasteiger partial charge is 0.476 e. The minimum Gasteiger partial charge on any atom is -0.476 e. The fourth-order valence-corrected chi connectivity index (χ4v) is 2.36. The molecule has 0 bridgehead atoms. The number of hydrogen-bond donors (Lipinski definition) is 1. The van der Waals surface area contributed by atoms with E-state index in [4.69, 9.17) is 21.4 Å². The lowest BCUT2D eigenvalue weighted by Crippen LogP contribution is -2.04. The van der Waals surface area contributed by atoms with Gasteiger partial charge in [-0.3, -0.25) is 0 Å². The van der Waals surface area contributed by atoms with Gasteiger partial charge in [0.25, 0.3) is 0 Å². The average molecular weight is 343 g/mol. The summed E-state index contributed by atoms with van der Waals surface area (Å²) >= 11 is 9.21. The van der Waals surface area contributed by atoms with E-state index in [9.17, 15) is 4.79 Å². The number of benzene rings is 1. The number of rotatable bonds is 3. The molecule has 19 heavy (non-hydrogen) atoms. The van der Waals surface area contributed by atoms with E-state index in [-0.39, 0.29) is 11.4 Å². The lowest BCUT2D eigenvalue weighted by Gasteiger charge is -2.11. The van der Waals surface area contributed by atoms with Crippen molar-refractivity contribution in [1.29, 1.82) is 0 Å². The molecule has 2 aromatic rings. The lowest BCUT2D eigenvalue weighted by molar-refractivity contribution is 0.0687. The van der Waals surface area contributed by atoms with Gasteiger partial charge >= 0.3 is 5.97 Å². The molecule has 0 amide bonds. The predicted molar refractivity (Wildman–Crippen MR) is 75.2 cm³/mol. The zero-order valence-corrected chi connectivity index (χ0v) is 12.2. The molecular formula is C13H9BrClNO3. The van der Waals surface area contributed by atoms with Crippen molar-refractivity contribution in [3.8, 4) is 11.5 Å². The number of aryl methyl sites for hydroxylation is 1. The van der Waals surface area contributed by atoms with Gasteiger partial charge in [-0.2, -0.15) is 0 Å². The molecule has 0 saturated heterocycles. The summed E-state index contributed by atoms with van der Waals surface area (Å²) in [6.45, 7) is 1.75. The predicted octanol–water partition coefficient (Wildman–Crippen LogP) is 4.30. The van der Waals surface area contributed by atoms with Crippen LogP contribution in [-0.4, -0.2) is 16.1 Å². The van der Waals surface area contributed by atoms with Crippen molar-refractivity contribution in [1.82, 2.24) is 4.98 Å². The maximum absolute atomic E-state index is 11.1. The third kappa shape index (κ3) is 3.24. The van der Waals surface area contributed by atoms with Gasteiger partial charge in [0, 0.05) is 15.7 Å². The van der Waals surface area contributed by atoms with Crippen molar-refractivity contribution < 1.29 is 14.6 Å². The molecule has 1 aromatic carbocycles. The molecule has 1 aromatic heterocycles. The highest BCUT2D eigenvalue weighted by molar-refractivity contribution is 9.10. The first-order chi connectivity index (χ1) is 8.97. The fourth-order valence-electron chi connectivity index (χ4n) is 1.53. The van der Waals surface area contributed by atoms with E-state index < -0.39 is 5.97 Å². The van der Waals surface area contributed by atoms with Crippen LogP contribution in [0.4, 0.5) is 0 Å². The molecular weight excluding hydrogens is 334 g/mol. The summed E-state index contributed by atoms with van der Waals surface area (Å²) in [7, 11) is 0. The highest BCUT2D eigenvalue weighted by atomic mass is 79.9. The number of ether oxygens (including phenoxy) is 1. The smallest absolute Gasteiger partial charge is 0.358 e. The Balaban J connectivity index is 2.45. The quantitative estimate of drug-likeness (QED) is 0.903. The summed E-state index contributed by atoms with van der Waals surface area (Å²) in [5.41, 5.74) is 0.555. The van der Waals surface area contributed by atoms with Crippen LogP contribution in [0.3, 0.4) is 0 Å². The van der Waals surface area contributed by atoms with Crippen LogP contribution in [0.2, 0.25) is 5.02 Å². The number of pyridine rings is 1. The first kappa shape index (κ1) is 13.8. The molecule has 0 aliphatic carbocycles. The van der Waals surface area contributed by atoms with E-state index in [1.807, 2.05) is 0 Å². The van der Waals surface area contributed by atoms with Crippen LogP contribution < -0.4 is 4.74 Å². The Hall–Kier alpha value is -1.59. The maximum Gasteiger partial charge on any atom is 0.358 e. The monoisotopic (exact) mass is 341 g/mol. The fraction of sp³-hybridized carbons (Fsp3) is 0.0769. The van der Waals surface area contributed by atoms with Gasteiger partial charge < -0.3 is 9.84 Å². The number of aromatic carboxylic acids is 1. The van der Waals surface area contributed by atoms with Crippen molar-refractivity contribution in [2.24, 2.45) is 0 Å². The first-order valence-electron chi connectivity index (χ1n) is 5.30. The Bertz CT molecular complexity index is 626. The molecule has 0 unspecified atom stereocenters. The maximum atomic E-state index is 11.1. The molecule has 98 valence electrons. The van der Waals surface area contributed by atoms with Crippen molar-refractivity contribution in [2.45, 2.75) is 6.92 Å². The van der Waals surface area contributed by atoms with Crippen molar-refractivity contribution in [3.63, 3.8) is 0 Å². The summed E-state index contributed by atoms with van der Waals surface area (Å²) in [4.78, 5) is 14.9. The van der Waals surface area contributed by atoms with E-state index in [1.165, 1.54) is 6.20 Å². The molecule has 4 nitrogen and oxygen atoms in total. The molecule has 0 aliphatic heterocycles. The third-order valence-corrected chi connectivity index (χ3v) is 3.04. The third-order valence-electron chi connectivity index (χ3n) is 2.36. The molecule has 0 aliphatic rings. The van der Waals surface area contributed by atoms with Crippen LogP contribution in [0.1, 0.15) is 16.1 Å². The topological polar surface area (TPSA) is 59.4 Å². The zero-order chi connectivity index (χ0) is 14.0. The van der Waals surface area contributed by atoms with Crippen LogP contribution in [0.5, 0.6) is 11.5 Å². The minimum atomic E-state index is -1.14. The second kappa shape index (κ2) is 5.59. The highest BCUT2D eigenvalue weighted by Gasteiger charge is 2.16. The zero-order valence-electron chi connectivity index (χ0n) is 9.85. The Labute approximate surface area is 123 Å². The SMILES string of the molecule is Cc1ccnc(C(=O)O)c1Oc1cc(Cl)cc(Br)c1. The van der Waals surface area contributed by atoms with Crippen LogP contribution in [0.15, 0.2) is 34.9 Å². The van der Waals surface area contributed by atoms with E-state index in [0.717, 1.165) is 4.47 Å². The minimum absolute atomic E-state index is 0.129. The highest BCUT2D eigenvalue weighted by Crippen LogP contribution is 2.31. The van der Waals surface area contributed by atoms with Gasteiger partial charge in [0.05, 0.1) is 0 Å². The van der Waals surface area contributed by atoms with Crippen molar-refractivity contribution >= 4 is 33.5 Å². The van der Waals surface area contributed by atoms with E-state index in [0.29, 0.717) is 16.3 Å². The number of nitrogens with zero attached hydrogens (tertiary/aromatic N) is 1. The van der Waals surface area contributed by atoms with E-state index in [1.54, 1.807) is 31.2 Å². The Morgan fingerprint density at radius 1 is 1.42 bits per heavy atom. The van der Waals surface area contributed by atoms with Gasteiger partial charge in [-0.25, -0.2) is 9.78 Å². The molecule has 6 heteroatoms. The summed E-state index contributed by atoms with van der Waals surface area (Å²) in [5.74, 6) is -0.484. The van der Waals surface area contributed by atoms with Crippen LogP contribution >= 0.6 is 27.5 Å². The summed E-state index contributed by atoms with van der Waals surface area (Å²) in [5, 5.41) is 9.59. The molecule has 2 rings (SSSR count). The molecule has 1 N–H and O–H groups in total. The molecule has 0 radical (unpaired) electrons. The van der Waals surface area contributed by atoms with Crippen LogP contribution in [0.25, 0.3) is 0 Å². The average Bonchev–Trinajstić information content (AvgIpc) is 2.30. The molecule has 0 saturated carbocycles. The van der Waals surface area contributed by atoms with Crippen LogP contribution in [0, 0.1) is 6.92 Å². The van der Waals surface area contributed by atoms with Gasteiger partial charge in [0.2, 0.25) is 0 Å². The Morgan fingerprint density at radius 3 is 2.79 bits per heavy atom. The van der Waals surface area contributed by atoms with Gasteiger partial charge in [0.1, 0.15) is 5.75 Å². The van der Waals surface area contributed by atoms with E-state index >= 15 is 0 Å². The molecule has 1 heterocycles. The summed E-state index contributed by atoms with van der Waals surface area (Å²) in [6.07, 6.45) is 1.43. The second-order valence-corrected chi connectivity index (χ2v) is 5.17. The van der Waals surface area contributed by atoms with Gasteiger partial charge in [-0.05, 0) is 36.8 Å². The van der Waals surface area contributed by atoms with Crippen molar-refractivity contribution in [3.05, 3.63) is 51.2 Å². The van der Waals surface area contributed by atoms with Crippen molar-refractivity contribution in [2.75, 3.05) is 0 Å². The van der Waals surface area contributed by atoms with Gasteiger partial charge in [-0.15, -0.1) is 0 Å². The number of aromatic nitrogens is 1. The number of carbonyl (C=O) groups is 1. The number of carboxylic acids is 1. The lowest BCUT2D eigenvalue weighted by atomic mass is 10.2. The molecule has 0 fully saturated rings. The number of hydrogen-bond acceptors (Lipinski definition) is 3. The van der Waals surface area contributed by atoms with Crippen LogP contribution in [-0.2, 0) is 0 Å². The standard InChI is InChI=1S/C13H9BrClNO3/c1-7-2-3-16-11(13(17)18)12(7)19-10-5-8(14)4-9(15)6-10/h2-6H,1H3,(H,17,18). The van der Waals surface area contributed by atoms with E-state index in [2.05, 4.69) is 20.9 Å².